The Bertz CT molecular complexity index is 5040. The van der Waals surface area contributed by atoms with E-state index in [1.807, 2.05) is 6.92 Å². The minimum atomic E-state index is -4.97. The number of aryl methyl sites for hydroxylation is 1. The van der Waals surface area contributed by atoms with Crippen molar-refractivity contribution in [2.24, 2.45) is 0 Å². The molecule has 8 aromatic rings. The van der Waals surface area contributed by atoms with Crippen molar-refractivity contribution < 1.29 is 177 Å². The van der Waals surface area contributed by atoms with Crippen LogP contribution in [0.5, 0.6) is 46.0 Å². The molecule has 0 bridgehead atoms. The highest BCUT2D eigenvalue weighted by molar-refractivity contribution is 6.05. The molecule has 0 spiro atoms. The van der Waals surface area contributed by atoms with Gasteiger partial charge in [-0.1, -0.05) is 79.7 Å². The second-order valence-electron chi connectivity index (χ2n) is 24.4. The van der Waals surface area contributed by atoms with E-state index in [1.165, 1.54) is 24.3 Å². The smallest absolute Gasteiger partial charge is 0.421 e. The van der Waals surface area contributed by atoms with E-state index in [0.717, 1.165) is 121 Å². The Kier molecular flexibility index (Phi) is 25.8. The van der Waals surface area contributed by atoms with Gasteiger partial charge < -0.3 is 37.9 Å². The highest BCUT2D eigenvalue weighted by Gasteiger charge is 2.69. The van der Waals surface area contributed by atoms with Gasteiger partial charge in [0.15, 0.2) is 92.3 Å². The lowest BCUT2D eigenvalue weighted by Gasteiger charge is -2.31. The van der Waals surface area contributed by atoms with Crippen LogP contribution in [0, 0.1) is 12.7 Å². The molecule has 0 radical (unpaired) electrons. The van der Waals surface area contributed by atoms with E-state index < -0.39 is 196 Å². The van der Waals surface area contributed by atoms with Crippen molar-refractivity contribution >= 4 is 46.3 Å². The average Bonchev–Trinajstić information content (AvgIpc) is 0.775. The van der Waals surface area contributed by atoms with Gasteiger partial charge in [0.2, 0.25) is 0 Å². The summed E-state index contributed by atoms with van der Waals surface area (Å²) in [5.74, 6) is -11.6. The number of ketones is 8. The first kappa shape index (κ1) is 88.5. The molecular weight excluding hydrogens is 1610 g/mol. The minimum absolute atomic E-state index is 0. The molecule has 16 nitrogen and oxygen atoms in total. The summed E-state index contributed by atoms with van der Waals surface area (Å²) in [6.45, 7) is 1.87. The van der Waals surface area contributed by atoms with Crippen LogP contribution < -0.4 is 37.9 Å². The van der Waals surface area contributed by atoms with E-state index >= 15 is 0 Å². The van der Waals surface area contributed by atoms with Crippen molar-refractivity contribution in [1.82, 2.24) is 0 Å². The Balaban J connectivity index is 0.000000191. The van der Waals surface area contributed by atoms with Gasteiger partial charge in [-0.15, -0.1) is 0 Å². The van der Waals surface area contributed by atoms with E-state index in [1.54, 1.807) is 24.3 Å². The summed E-state index contributed by atoms with van der Waals surface area (Å²) in [6.07, 6.45) is -51.5. The molecule has 0 unspecified atom stereocenters. The number of carbonyl (C=O) groups excluding carboxylic acids is 8. The number of fused-ring (bicyclic) bond motifs is 4. The fourth-order valence-electron chi connectivity index (χ4n) is 10.3. The molecule has 4 heterocycles. The lowest BCUT2D eigenvalue weighted by Crippen LogP contribution is -2.52. The van der Waals surface area contributed by atoms with Crippen LogP contribution in [-0.4, -0.2) is 95.1 Å². The molecular formula is C76H51F23O16. The maximum absolute atomic E-state index is 13.5. The SMILES string of the molecule is C.Cc1ccc(C(=O)CCC(=O)c2ccc3c(c2)OC(F)(F)C(F)(F)O3)cc1.O=C(CCC(=O)c1ccc2c(c1)OC(F)(F)C(F)(F)O2)c1cccc(C(F)(F)F)c1.O=C(CCC(=O)c1ccccc1C(F)(F)F)c1ccc2c(c1)OC(F)(F)C(F)(F)O2.O=C(CCC(=O)c1ccccc1F)c1ccc2c(c1)OC(F)(F)C(F)(F)O2. The highest BCUT2D eigenvalue weighted by atomic mass is 19.4. The summed E-state index contributed by atoms with van der Waals surface area (Å²) in [7, 11) is 0. The van der Waals surface area contributed by atoms with Gasteiger partial charge >= 0.3 is 61.2 Å². The van der Waals surface area contributed by atoms with E-state index in [9.17, 15) is 139 Å². The first-order valence-electron chi connectivity index (χ1n) is 32.3. The van der Waals surface area contributed by atoms with Gasteiger partial charge in [0.1, 0.15) is 5.82 Å². The predicted molar refractivity (Wildman–Crippen MR) is 349 cm³/mol. The van der Waals surface area contributed by atoms with Crippen molar-refractivity contribution in [3.63, 3.8) is 0 Å². The van der Waals surface area contributed by atoms with Crippen molar-refractivity contribution in [3.05, 3.63) is 237 Å². The van der Waals surface area contributed by atoms with Gasteiger partial charge in [-0.25, -0.2) is 4.39 Å². The van der Waals surface area contributed by atoms with Gasteiger partial charge in [0.25, 0.3) is 0 Å². The molecule has 0 saturated carbocycles. The van der Waals surface area contributed by atoms with Gasteiger partial charge in [-0.05, 0) is 110 Å². The minimum Gasteiger partial charge on any atom is -0.421 e. The van der Waals surface area contributed by atoms with Gasteiger partial charge in [0.05, 0.1) is 16.7 Å². The number of hydrogen-bond donors (Lipinski definition) is 0. The molecule has 0 atom stereocenters. The fourth-order valence-corrected chi connectivity index (χ4v) is 10.3. The number of hydrogen-bond acceptors (Lipinski definition) is 16. The number of ether oxygens (including phenoxy) is 8. The number of rotatable bonds is 20. The van der Waals surface area contributed by atoms with E-state index in [0.29, 0.717) is 11.6 Å². The number of halogens is 23. The maximum Gasteiger partial charge on any atom is 0.507 e. The van der Waals surface area contributed by atoms with E-state index in [2.05, 4.69) is 37.9 Å². The van der Waals surface area contributed by atoms with Crippen molar-refractivity contribution in [2.45, 2.75) is 127 Å². The van der Waals surface area contributed by atoms with Crippen LogP contribution in [0.15, 0.2) is 170 Å². The van der Waals surface area contributed by atoms with Crippen LogP contribution in [-0.2, 0) is 12.4 Å². The number of Topliss-reactive ketones (excluding diaryl/α,β-unsaturated/α-hetero) is 8. The number of carbonyl (C=O) groups is 8. The molecule has 12 rings (SSSR count). The average molecular weight is 1660 g/mol. The van der Waals surface area contributed by atoms with Crippen molar-refractivity contribution in [3.8, 4) is 46.0 Å². The summed E-state index contributed by atoms with van der Waals surface area (Å²) in [5, 5.41) is 0. The number of benzene rings is 8. The van der Waals surface area contributed by atoms with Gasteiger partial charge in [-0.2, -0.15) is 96.6 Å². The lowest BCUT2D eigenvalue weighted by molar-refractivity contribution is -0.391. The molecule has 0 N–H and O–H groups in total. The third kappa shape index (κ3) is 20.7. The second-order valence-corrected chi connectivity index (χ2v) is 24.4. The largest absolute Gasteiger partial charge is 0.507 e. The molecule has 612 valence electrons. The Labute approximate surface area is 631 Å². The van der Waals surface area contributed by atoms with Crippen LogP contribution in [0.4, 0.5) is 101 Å². The Morgan fingerprint density at radius 2 is 0.522 bits per heavy atom. The highest BCUT2D eigenvalue weighted by Crippen LogP contribution is 2.52. The monoisotopic (exact) mass is 1660 g/mol. The summed E-state index contributed by atoms with van der Waals surface area (Å²) >= 11 is 0. The molecule has 115 heavy (non-hydrogen) atoms. The third-order valence-electron chi connectivity index (χ3n) is 16.2. The van der Waals surface area contributed by atoms with Crippen LogP contribution in [0.1, 0.15) is 158 Å². The summed E-state index contributed by atoms with van der Waals surface area (Å²) in [5.41, 5.74) is -2.44. The van der Waals surface area contributed by atoms with Crippen LogP contribution in [0.3, 0.4) is 0 Å². The molecule has 8 aromatic carbocycles. The normalized spacial score (nSPS) is 16.6. The molecule has 4 aliphatic heterocycles. The summed E-state index contributed by atoms with van der Waals surface area (Å²) in [6, 6.07) is 30.7. The zero-order chi connectivity index (χ0) is 84.3. The fraction of sp³-hybridized carbons (Fsp3) is 0.263. The summed E-state index contributed by atoms with van der Waals surface area (Å²) < 4.78 is 333. The maximum atomic E-state index is 13.5. The van der Waals surface area contributed by atoms with Gasteiger partial charge in [0, 0.05) is 90.3 Å². The quantitative estimate of drug-likeness (QED) is 0.0513. The second kappa shape index (κ2) is 33.5. The lowest BCUT2D eigenvalue weighted by atomic mass is 9.97. The van der Waals surface area contributed by atoms with E-state index in [-0.39, 0.29) is 72.3 Å². The molecule has 39 heteroatoms. The molecule has 0 aliphatic carbocycles. The van der Waals surface area contributed by atoms with Crippen LogP contribution in [0.25, 0.3) is 0 Å². The number of alkyl halides is 22. The molecule has 4 aliphatic rings. The van der Waals surface area contributed by atoms with Crippen LogP contribution >= 0.6 is 0 Å². The first-order valence-corrected chi connectivity index (χ1v) is 32.3. The Morgan fingerprint density at radius 1 is 0.270 bits per heavy atom. The standard InChI is InChI=1S/2C19H11F7O4.C19H14F4O4.C18H11F5O4.CH4/c20-17(21,22)12-3-1-2-10(8-12)13(27)5-6-14(28)11-4-7-15-16(9-11)30-19(25,26)18(23,24)29-15;20-17(21,22)12-4-2-1-3-11(12)14(28)7-6-13(27)10-5-8-15-16(9-10)30-19(25,26)18(23,24)29-15;1-11-2-4-12(5-3-11)14(24)7-8-15(25)13-6-9-16-17(10-13)27-19(22,23)18(20,21)26-16;19-12-4-2-1-3-11(12)14(25)7-6-13(24)10-5-8-15-16(9-10)27-18(22,23)17(20,21)26-15;/h1-4,7-9H,5-6H2;1-5,8-9H,6-7H2;2-6,9-10H,7-8H2,1H3;1-5,8-9H,6-7H2;1H4. The van der Waals surface area contributed by atoms with E-state index in [4.69, 9.17) is 0 Å². The van der Waals surface area contributed by atoms with Gasteiger partial charge in [-0.3, -0.25) is 38.4 Å². The predicted octanol–water partition coefficient (Wildman–Crippen LogP) is 21.1. The zero-order valence-corrected chi connectivity index (χ0v) is 57.0. The van der Waals surface area contributed by atoms with Crippen molar-refractivity contribution in [2.75, 3.05) is 0 Å². The molecule has 0 aromatic heterocycles. The summed E-state index contributed by atoms with van der Waals surface area (Å²) in [4.78, 5) is 97.2. The molecule has 0 fully saturated rings. The Hall–Kier alpha value is -12.1. The molecule has 0 saturated heterocycles. The van der Waals surface area contributed by atoms with Crippen molar-refractivity contribution in [1.29, 1.82) is 0 Å². The topological polar surface area (TPSA) is 210 Å². The first-order chi connectivity index (χ1) is 52.8. The van der Waals surface area contributed by atoms with Crippen LogP contribution in [0.2, 0.25) is 0 Å². The Morgan fingerprint density at radius 3 is 0.826 bits per heavy atom. The molecule has 0 amide bonds. The third-order valence-corrected chi connectivity index (χ3v) is 16.2. The zero-order valence-electron chi connectivity index (χ0n) is 57.0.